The minimum absolute atomic E-state index is 0.107. The third-order valence-electron chi connectivity index (χ3n) is 4.14. The Bertz CT molecular complexity index is 837. The van der Waals surface area contributed by atoms with Gasteiger partial charge in [0.2, 0.25) is 5.91 Å². The van der Waals surface area contributed by atoms with Crippen LogP contribution in [0.25, 0.3) is 0 Å². The molecule has 2 rings (SSSR count). The van der Waals surface area contributed by atoms with Crippen molar-refractivity contribution in [3.8, 4) is 0 Å². The predicted molar refractivity (Wildman–Crippen MR) is 109 cm³/mol. The van der Waals surface area contributed by atoms with Crippen molar-refractivity contribution in [1.82, 2.24) is 10.6 Å². The summed E-state index contributed by atoms with van der Waals surface area (Å²) in [4.78, 5) is 47.2. The standard InChI is InChI=1S/C18H21BCl2N2O7/c1-9(2)5-14(19-29-13(7-16(25)26)18(28)30-19)23-15(24)8-22-17(27)11-6-10(20)3-4-12(11)21/h3-4,6,9,13-14H,5,7-8H2,1-2H3,(H,22,27)(H,23,24)(H,25,26)/t13-,14?/m0/s1. The lowest BCUT2D eigenvalue weighted by Crippen LogP contribution is -2.50. The highest BCUT2D eigenvalue weighted by Crippen LogP contribution is 2.21. The molecule has 9 nitrogen and oxygen atoms in total. The minimum atomic E-state index is -1.23. The monoisotopic (exact) mass is 458 g/mol. The van der Waals surface area contributed by atoms with E-state index in [1.807, 2.05) is 13.8 Å². The first kappa shape index (κ1) is 24.0. The van der Waals surface area contributed by atoms with Crippen LogP contribution in [-0.2, 0) is 23.7 Å². The van der Waals surface area contributed by atoms with Crippen LogP contribution in [0.15, 0.2) is 18.2 Å². The van der Waals surface area contributed by atoms with E-state index in [2.05, 4.69) is 10.6 Å². The van der Waals surface area contributed by atoms with E-state index < -0.39 is 49.3 Å². The highest BCUT2D eigenvalue weighted by molar-refractivity contribution is 6.51. The van der Waals surface area contributed by atoms with E-state index in [4.69, 9.17) is 37.6 Å². The Morgan fingerprint density at radius 1 is 1.27 bits per heavy atom. The number of carboxylic acids is 1. The molecule has 162 valence electrons. The quantitative estimate of drug-likeness (QED) is 0.480. The zero-order valence-corrected chi connectivity index (χ0v) is 17.8. The second-order valence-corrected chi connectivity index (χ2v) is 7.98. The van der Waals surface area contributed by atoms with Crippen molar-refractivity contribution in [1.29, 1.82) is 0 Å². The van der Waals surface area contributed by atoms with Gasteiger partial charge in [0.1, 0.15) is 0 Å². The summed E-state index contributed by atoms with van der Waals surface area (Å²) in [6.45, 7) is 3.43. The lowest BCUT2D eigenvalue weighted by atomic mass is 9.74. The van der Waals surface area contributed by atoms with Crippen LogP contribution in [-0.4, -0.2) is 54.6 Å². The maximum Gasteiger partial charge on any atom is 0.552 e. The molecule has 0 saturated carbocycles. The molecule has 0 bridgehead atoms. The van der Waals surface area contributed by atoms with E-state index in [1.165, 1.54) is 18.2 Å². The van der Waals surface area contributed by atoms with Gasteiger partial charge in [-0.25, -0.2) is 0 Å². The lowest BCUT2D eigenvalue weighted by molar-refractivity contribution is -0.145. The van der Waals surface area contributed by atoms with Gasteiger partial charge in [0.15, 0.2) is 6.10 Å². The summed E-state index contributed by atoms with van der Waals surface area (Å²) in [7, 11) is -1.12. The summed E-state index contributed by atoms with van der Waals surface area (Å²) in [5, 5.41) is 14.4. The highest BCUT2D eigenvalue weighted by atomic mass is 35.5. The van der Waals surface area contributed by atoms with E-state index >= 15 is 0 Å². The molecule has 30 heavy (non-hydrogen) atoms. The van der Waals surface area contributed by atoms with E-state index in [0.717, 1.165) is 0 Å². The molecule has 0 radical (unpaired) electrons. The average Bonchev–Trinajstić information content (AvgIpc) is 3.00. The molecule has 2 amide bonds. The van der Waals surface area contributed by atoms with E-state index in [-0.39, 0.29) is 23.0 Å². The molecular formula is C18H21BCl2N2O7. The third-order valence-corrected chi connectivity index (χ3v) is 4.70. The Balaban J connectivity index is 1.97. The number of nitrogens with one attached hydrogen (secondary N) is 2. The first-order valence-electron chi connectivity index (χ1n) is 9.17. The van der Waals surface area contributed by atoms with E-state index in [1.54, 1.807) is 0 Å². The number of hydrogen-bond acceptors (Lipinski definition) is 6. The fourth-order valence-electron chi connectivity index (χ4n) is 2.83. The van der Waals surface area contributed by atoms with Gasteiger partial charge in [0, 0.05) is 5.02 Å². The SMILES string of the molecule is CC(C)CC(NC(=O)CNC(=O)c1cc(Cl)ccc1Cl)B1OC(=O)[C@H](CC(=O)O)O1. The summed E-state index contributed by atoms with van der Waals surface area (Å²) in [5.74, 6) is -3.74. The van der Waals surface area contributed by atoms with Crippen molar-refractivity contribution < 1.29 is 33.6 Å². The minimum Gasteiger partial charge on any atom is -0.506 e. The predicted octanol–water partition coefficient (Wildman–Crippen LogP) is 1.70. The molecule has 2 atom stereocenters. The Morgan fingerprint density at radius 3 is 2.60 bits per heavy atom. The maximum atomic E-state index is 12.3. The molecule has 1 unspecified atom stereocenters. The maximum absolute atomic E-state index is 12.3. The van der Waals surface area contributed by atoms with Crippen molar-refractivity contribution in [3.05, 3.63) is 33.8 Å². The number of carboxylic acid groups (broad SMARTS) is 1. The molecule has 1 aromatic rings. The summed E-state index contributed by atoms with van der Waals surface area (Å²) < 4.78 is 10.5. The normalized spacial score (nSPS) is 16.9. The van der Waals surface area contributed by atoms with Crippen LogP contribution >= 0.6 is 23.2 Å². The van der Waals surface area contributed by atoms with Crippen LogP contribution < -0.4 is 10.6 Å². The van der Waals surface area contributed by atoms with Crippen LogP contribution in [0.5, 0.6) is 0 Å². The number of aliphatic carboxylic acids is 1. The van der Waals surface area contributed by atoms with Crippen LogP contribution in [0, 0.1) is 5.92 Å². The van der Waals surface area contributed by atoms with Gasteiger partial charge < -0.3 is 25.0 Å². The number of carbonyl (C=O) groups is 4. The first-order valence-corrected chi connectivity index (χ1v) is 9.92. The van der Waals surface area contributed by atoms with Crippen molar-refractivity contribution in [2.45, 2.75) is 38.7 Å². The third kappa shape index (κ3) is 6.89. The van der Waals surface area contributed by atoms with Gasteiger partial charge in [-0.05, 0) is 30.5 Å². The van der Waals surface area contributed by atoms with E-state index in [0.29, 0.717) is 11.4 Å². The number of rotatable bonds is 9. The number of amides is 2. The molecule has 1 aliphatic rings. The molecule has 1 heterocycles. The number of hydrogen-bond donors (Lipinski definition) is 3. The van der Waals surface area contributed by atoms with E-state index in [9.17, 15) is 19.2 Å². The Hall–Kier alpha value is -2.30. The molecule has 1 aliphatic heterocycles. The molecule has 1 aromatic carbocycles. The Kier molecular flexibility index (Phi) is 8.51. The molecule has 0 aliphatic carbocycles. The summed E-state index contributed by atoms with van der Waals surface area (Å²) in [6.07, 6.45) is -1.37. The fraction of sp³-hybridized carbons (Fsp3) is 0.444. The zero-order valence-electron chi connectivity index (χ0n) is 16.3. The van der Waals surface area contributed by atoms with Gasteiger partial charge >= 0.3 is 19.1 Å². The van der Waals surface area contributed by atoms with Gasteiger partial charge in [-0.3, -0.25) is 19.2 Å². The van der Waals surface area contributed by atoms with Crippen molar-refractivity contribution in [2.24, 2.45) is 5.92 Å². The van der Waals surface area contributed by atoms with Crippen LogP contribution in [0.3, 0.4) is 0 Å². The molecule has 1 saturated heterocycles. The van der Waals surface area contributed by atoms with Gasteiger partial charge in [-0.2, -0.15) is 0 Å². The number of benzene rings is 1. The lowest BCUT2D eigenvalue weighted by Gasteiger charge is -2.21. The first-order chi connectivity index (χ1) is 14.1. The van der Waals surface area contributed by atoms with Gasteiger partial charge in [0.05, 0.1) is 29.5 Å². The molecule has 1 fully saturated rings. The van der Waals surface area contributed by atoms with Gasteiger partial charge in [0.25, 0.3) is 5.91 Å². The molecule has 0 spiro atoms. The number of halogens is 2. The van der Waals surface area contributed by atoms with Crippen LogP contribution in [0.4, 0.5) is 0 Å². The average molecular weight is 459 g/mol. The largest absolute Gasteiger partial charge is 0.552 e. The smallest absolute Gasteiger partial charge is 0.506 e. The van der Waals surface area contributed by atoms with Gasteiger partial charge in [-0.1, -0.05) is 37.0 Å². The zero-order chi connectivity index (χ0) is 22.4. The Labute approximate surface area is 183 Å². The van der Waals surface area contributed by atoms with Crippen molar-refractivity contribution >= 4 is 54.1 Å². The summed E-state index contributed by atoms with van der Waals surface area (Å²) >= 11 is 11.8. The summed E-state index contributed by atoms with van der Waals surface area (Å²) in [6, 6.07) is 4.38. The molecule has 3 N–H and O–H groups in total. The number of carbonyl (C=O) groups excluding carboxylic acids is 3. The second kappa shape index (κ2) is 10.6. The van der Waals surface area contributed by atoms with Crippen LogP contribution in [0.1, 0.15) is 37.0 Å². The topological polar surface area (TPSA) is 131 Å². The van der Waals surface area contributed by atoms with Gasteiger partial charge in [-0.15, -0.1) is 0 Å². The van der Waals surface area contributed by atoms with Crippen molar-refractivity contribution in [3.63, 3.8) is 0 Å². The Morgan fingerprint density at radius 2 is 1.97 bits per heavy atom. The molecular weight excluding hydrogens is 438 g/mol. The highest BCUT2D eigenvalue weighted by Gasteiger charge is 2.46. The molecule has 0 aromatic heterocycles. The van der Waals surface area contributed by atoms with Crippen LogP contribution in [0.2, 0.25) is 10.0 Å². The summed E-state index contributed by atoms with van der Waals surface area (Å²) in [5.41, 5.74) is 0.125. The molecule has 12 heteroatoms. The second-order valence-electron chi connectivity index (χ2n) is 7.14. The van der Waals surface area contributed by atoms with Crippen molar-refractivity contribution in [2.75, 3.05) is 6.54 Å². The fourth-order valence-corrected chi connectivity index (χ4v) is 3.21.